The number of halogens is 2. The van der Waals surface area contributed by atoms with Gasteiger partial charge in [-0.25, -0.2) is 0 Å². The Morgan fingerprint density at radius 2 is 1.94 bits per heavy atom. The van der Waals surface area contributed by atoms with Crippen LogP contribution in [-0.4, -0.2) is 22.6 Å². The lowest BCUT2D eigenvalue weighted by molar-refractivity contribution is 0.262. The Hall–Kier alpha value is -0.510. The third-order valence-corrected chi connectivity index (χ3v) is 3.95. The minimum absolute atomic E-state index is 0.494. The number of likely N-dealkylation sites (tertiary alicyclic amines) is 1. The fourth-order valence-corrected chi connectivity index (χ4v) is 3.14. The normalized spacial score (nSPS) is 19.7. The van der Waals surface area contributed by atoms with Crippen molar-refractivity contribution in [2.24, 2.45) is 0 Å². The monoisotopic (exact) mass is 302 g/mol. The zero-order chi connectivity index (χ0) is 13.1. The molecular weight excluding hydrogens is 287 g/mol. The quantitative estimate of drug-likeness (QED) is 0.765. The lowest BCUT2D eigenvalue weighted by atomic mass is 10.0. The van der Waals surface area contributed by atoms with Crippen LogP contribution < -0.4 is 5.32 Å². The van der Waals surface area contributed by atoms with Crippen molar-refractivity contribution in [1.29, 1.82) is 0 Å². The van der Waals surface area contributed by atoms with Gasteiger partial charge in [0.25, 0.3) is 0 Å². The molecule has 0 aliphatic carbocycles. The van der Waals surface area contributed by atoms with Gasteiger partial charge in [-0.15, -0.1) is 0 Å². The standard InChI is InChI=1S/C13H16Cl2N2S/c1-9-4-2-3-5-17(9)13(18)16-12-7-10(14)6-11(15)8-12/h6-9H,2-5H2,1H3,(H,16,18). The van der Waals surface area contributed by atoms with Gasteiger partial charge in [-0.3, -0.25) is 0 Å². The Kier molecular flexibility index (Phi) is 4.71. The summed E-state index contributed by atoms with van der Waals surface area (Å²) in [5.74, 6) is 0. The van der Waals surface area contributed by atoms with E-state index in [9.17, 15) is 0 Å². The molecule has 98 valence electrons. The zero-order valence-electron chi connectivity index (χ0n) is 10.2. The lowest BCUT2D eigenvalue weighted by Gasteiger charge is -2.35. The van der Waals surface area contributed by atoms with Gasteiger partial charge in [0.1, 0.15) is 0 Å². The number of anilines is 1. The Balaban J connectivity index is 2.06. The number of benzene rings is 1. The highest BCUT2D eigenvalue weighted by Gasteiger charge is 2.20. The van der Waals surface area contributed by atoms with E-state index in [1.54, 1.807) is 6.07 Å². The zero-order valence-corrected chi connectivity index (χ0v) is 12.6. The number of nitrogens with zero attached hydrogens (tertiary/aromatic N) is 1. The number of thiocarbonyl (C=S) groups is 1. The highest BCUT2D eigenvalue weighted by Crippen LogP contribution is 2.24. The minimum atomic E-state index is 0.494. The second-order valence-electron chi connectivity index (χ2n) is 4.63. The van der Waals surface area contributed by atoms with Gasteiger partial charge in [-0.2, -0.15) is 0 Å². The second kappa shape index (κ2) is 6.09. The molecular formula is C13H16Cl2N2S. The van der Waals surface area contributed by atoms with Crippen molar-refractivity contribution in [1.82, 2.24) is 4.90 Å². The van der Waals surface area contributed by atoms with Crippen LogP contribution in [0.5, 0.6) is 0 Å². The summed E-state index contributed by atoms with van der Waals surface area (Å²) in [6.07, 6.45) is 3.67. The van der Waals surface area contributed by atoms with Gasteiger partial charge in [0.05, 0.1) is 0 Å². The molecule has 0 aromatic heterocycles. The van der Waals surface area contributed by atoms with Crippen molar-refractivity contribution in [3.05, 3.63) is 28.2 Å². The third-order valence-electron chi connectivity index (χ3n) is 3.18. The van der Waals surface area contributed by atoms with Crippen LogP contribution in [0, 0.1) is 0 Å². The molecule has 1 aliphatic heterocycles. The van der Waals surface area contributed by atoms with Gasteiger partial charge in [-0.05, 0) is 56.6 Å². The molecule has 1 atom stereocenters. The summed E-state index contributed by atoms with van der Waals surface area (Å²) in [5, 5.41) is 5.18. The number of piperidine rings is 1. The number of nitrogens with one attached hydrogen (secondary N) is 1. The first-order valence-electron chi connectivity index (χ1n) is 6.10. The van der Waals surface area contributed by atoms with Gasteiger partial charge < -0.3 is 10.2 Å². The van der Waals surface area contributed by atoms with Crippen molar-refractivity contribution in [2.75, 3.05) is 11.9 Å². The fraction of sp³-hybridized carbons (Fsp3) is 0.462. The van der Waals surface area contributed by atoms with Gasteiger partial charge in [0.15, 0.2) is 5.11 Å². The van der Waals surface area contributed by atoms with Crippen LogP contribution in [0.1, 0.15) is 26.2 Å². The molecule has 0 saturated carbocycles. The molecule has 0 bridgehead atoms. The Morgan fingerprint density at radius 3 is 2.56 bits per heavy atom. The van der Waals surface area contributed by atoms with Crippen LogP contribution in [-0.2, 0) is 0 Å². The fourth-order valence-electron chi connectivity index (χ4n) is 2.22. The van der Waals surface area contributed by atoms with E-state index in [4.69, 9.17) is 35.4 Å². The average molecular weight is 303 g/mol. The number of hydrogen-bond acceptors (Lipinski definition) is 1. The molecule has 1 aromatic carbocycles. The third kappa shape index (κ3) is 3.50. The van der Waals surface area contributed by atoms with Gasteiger partial charge in [0, 0.05) is 28.3 Å². The van der Waals surface area contributed by atoms with Crippen LogP contribution in [0.2, 0.25) is 10.0 Å². The maximum absolute atomic E-state index is 5.97. The molecule has 18 heavy (non-hydrogen) atoms. The van der Waals surface area contributed by atoms with Crippen LogP contribution in [0.15, 0.2) is 18.2 Å². The van der Waals surface area contributed by atoms with E-state index in [0.717, 1.165) is 17.3 Å². The molecule has 0 amide bonds. The molecule has 1 unspecified atom stereocenters. The predicted octanol–water partition coefficient (Wildman–Crippen LogP) is 4.56. The molecule has 5 heteroatoms. The van der Waals surface area contributed by atoms with E-state index in [1.807, 2.05) is 12.1 Å². The first kappa shape index (κ1) is 13.9. The van der Waals surface area contributed by atoms with Crippen molar-refractivity contribution in [3.63, 3.8) is 0 Å². The molecule has 2 rings (SSSR count). The van der Waals surface area contributed by atoms with Crippen molar-refractivity contribution in [3.8, 4) is 0 Å². The molecule has 1 saturated heterocycles. The van der Waals surface area contributed by atoms with E-state index in [-0.39, 0.29) is 0 Å². The van der Waals surface area contributed by atoms with Gasteiger partial charge >= 0.3 is 0 Å². The molecule has 2 nitrogen and oxygen atoms in total. The van der Waals surface area contributed by atoms with Crippen LogP contribution in [0.3, 0.4) is 0 Å². The molecule has 0 radical (unpaired) electrons. The maximum atomic E-state index is 5.97. The lowest BCUT2D eigenvalue weighted by Crippen LogP contribution is -2.44. The van der Waals surface area contributed by atoms with Crippen molar-refractivity contribution in [2.45, 2.75) is 32.2 Å². The number of rotatable bonds is 1. The largest absolute Gasteiger partial charge is 0.346 e. The first-order chi connectivity index (χ1) is 8.56. The summed E-state index contributed by atoms with van der Waals surface area (Å²) in [4.78, 5) is 2.23. The number of hydrogen-bond donors (Lipinski definition) is 1. The van der Waals surface area contributed by atoms with E-state index in [0.29, 0.717) is 16.1 Å². The Morgan fingerprint density at radius 1 is 1.28 bits per heavy atom. The first-order valence-corrected chi connectivity index (χ1v) is 7.26. The van der Waals surface area contributed by atoms with Crippen molar-refractivity contribution < 1.29 is 0 Å². The highest BCUT2D eigenvalue weighted by molar-refractivity contribution is 7.80. The Bertz CT molecular complexity index is 430. The molecule has 1 aliphatic rings. The molecule has 1 aromatic rings. The van der Waals surface area contributed by atoms with Crippen LogP contribution >= 0.6 is 35.4 Å². The minimum Gasteiger partial charge on any atom is -0.346 e. The second-order valence-corrected chi connectivity index (χ2v) is 5.89. The van der Waals surface area contributed by atoms with Crippen molar-refractivity contribution >= 4 is 46.2 Å². The molecule has 1 N–H and O–H groups in total. The summed E-state index contributed by atoms with van der Waals surface area (Å²) in [6.45, 7) is 3.22. The van der Waals surface area contributed by atoms with Crippen LogP contribution in [0.4, 0.5) is 5.69 Å². The van der Waals surface area contributed by atoms with E-state index < -0.39 is 0 Å². The summed E-state index contributed by atoms with van der Waals surface area (Å²) in [6, 6.07) is 5.86. The van der Waals surface area contributed by atoms with E-state index >= 15 is 0 Å². The Labute approximate surface area is 123 Å². The average Bonchev–Trinajstić information content (AvgIpc) is 2.27. The molecule has 0 spiro atoms. The predicted molar refractivity (Wildman–Crippen MR) is 82.7 cm³/mol. The van der Waals surface area contributed by atoms with E-state index in [1.165, 1.54) is 19.3 Å². The van der Waals surface area contributed by atoms with Gasteiger partial charge in [-0.1, -0.05) is 23.2 Å². The maximum Gasteiger partial charge on any atom is 0.173 e. The topological polar surface area (TPSA) is 15.3 Å². The van der Waals surface area contributed by atoms with Gasteiger partial charge in [0.2, 0.25) is 0 Å². The smallest absolute Gasteiger partial charge is 0.173 e. The SMILES string of the molecule is CC1CCCCN1C(=S)Nc1cc(Cl)cc(Cl)c1. The summed E-state index contributed by atoms with van der Waals surface area (Å²) in [5.41, 5.74) is 0.843. The summed E-state index contributed by atoms with van der Waals surface area (Å²) >= 11 is 17.4. The summed E-state index contributed by atoms with van der Waals surface area (Å²) in [7, 11) is 0. The highest BCUT2D eigenvalue weighted by atomic mass is 35.5. The summed E-state index contributed by atoms with van der Waals surface area (Å²) < 4.78 is 0. The molecule has 1 heterocycles. The van der Waals surface area contributed by atoms with E-state index in [2.05, 4.69) is 17.1 Å². The molecule has 1 fully saturated rings. The van der Waals surface area contributed by atoms with Crippen LogP contribution in [0.25, 0.3) is 0 Å².